The number of ether oxygens (including phenoxy) is 1. The maximum Gasteiger partial charge on any atom is 0.109 e. The molecule has 1 fully saturated rings. The number of imidazole rings is 1. The molecule has 4 nitrogen and oxygen atoms in total. The summed E-state index contributed by atoms with van der Waals surface area (Å²) in [7, 11) is 2.04. The second-order valence-corrected chi connectivity index (χ2v) is 5.46. The van der Waals surface area contributed by atoms with E-state index in [0.717, 1.165) is 38.2 Å². The first-order valence-electron chi connectivity index (χ1n) is 6.40. The molecule has 0 amide bonds. The van der Waals surface area contributed by atoms with Crippen LogP contribution in [0.3, 0.4) is 0 Å². The maximum absolute atomic E-state index is 5.71. The molecule has 2 heterocycles. The first-order valence-corrected chi connectivity index (χ1v) is 6.40. The summed E-state index contributed by atoms with van der Waals surface area (Å²) >= 11 is 0. The Balaban J connectivity index is 1.74. The van der Waals surface area contributed by atoms with E-state index >= 15 is 0 Å². The lowest BCUT2D eigenvalue weighted by Gasteiger charge is -2.36. The Morgan fingerprint density at radius 1 is 1.59 bits per heavy atom. The van der Waals surface area contributed by atoms with Crippen LogP contribution in [0.4, 0.5) is 0 Å². The normalized spacial score (nSPS) is 23.8. The van der Waals surface area contributed by atoms with Crippen LogP contribution in [0.2, 0.25) is 0 Å². The van der Waals surface area contributed by atoms with Gasteiger partial charge in [-0.25, -0.2) is 4.98 Å². The smallest absolute Gasteiger partial charge is 0.109 e. The van der Waals surface area contributed by atoms with Crippen LogP contribution < -0.4 is 5.32 Å². The molecular formula is C13H23N3O. The summed E-state index contributed by atoms with van der Waals surface area (Å²) in [5.74, 6) is 1.14. The van der Waals surface area contributed by atoms with Gasteiger partial charge in [0.1, 0.15) is 5.82 Å². The Hall–Kier alpha value is -0.870. The van der Waals surface area contributed by atoms with E-state index in [2.05, 4.69) is 28.7 Å². The fourth-order valence-electron chi connectivity index (χ4n) is 2.43. The fourth-order valence-corrected chi connectivity index (χ4v) is 2.43. The van der Waals surface area contributed by atoms with Crippen LogP contribution in [0.5, 0.6) is 0 Å². The highest BCUT2D eigenvalue weighted by Crippen LogP contribution is 2.23. The van der Waals surface area contributed by atoms with Gasteiger partial charge < -0.3 is 14.6 Å². The van der Waals surface area contributed by atoms with E-state index in [1.807, 2.05) is 19.4 Å². The third kappa shape index (κ3) is 3.54. The number of aryl methyl sites for hydroxylation is 1. The van der Waals surface area contributed by atoms with Gasteiger partial charge in [-0.1, -0.05) is 0 Å². The molecule has 1 saturated heterocycles. The highest BCUT2D eigenvalue weighted by atomic mass is 16.5. The zero-order valence-corrected chi connectivity index (χ0v) is 11.1. The SMILES string of the molecule is Cn1ccnc1CCNC1CCOC(C)(C)C1. The zero-order chi connectivity index (χ0) is 12.3. The molecule has 17 heavy (non-hydrogen) atoms. The minimum atomic E-state index is 0.0269. The fraction of sp³-hybridized carbons (Fsp3) is 0.769. The average molecular weight is 237 g/mol. The molecule has 96 valence electrons. The van der Waals surface area contributed by atoms with E-state index in [1.165, 1.54) is 0 Å². The Morgan fingerprint density at radius 2 is 2.41 bits per heavy atom. The number of aromatic nitrogens is 2. The molecule has 1 unspecified atom stereocenters. The summed E-state index contributed by atoms with van der Waals surface area (Å²) < 4.78 is 7.79. The van der Waals surface area contributed by atoms with E-state index < -0.39 is 0 Å². The summed E-state index contributed by atoms with van der Waals surface area (Å²) in [5, 5.41) is 3.61. The lowest BCUT2D eigenvalue weighted by molar-refractivity contribution is -0.0627. The predicted octanol–water partition coefficient (Wildman–Crippen LogP) is 1.51. The molecule has 1 aliphatic rings. The molecule has 1 N–H and O–H groups in total. The molecule has 4 heteroatoms. The molecular weight excluding hydrogens is 214 g/mol. The van der Waals surface area contributed by atoms with Crippen molar-refractivity contribution in [3.63, 3.8) is 0 Å². The number of nitrogens with zero attached hydrogens (tertiary/aromatic N) is 2. The molecule has 1 aromatic heterocycles. The van der Waals surface area contributed by atoms with Crippen molar-refractivity contribution < 1.29 is 4.74 Å². The molecule has 1 aliphatic heterocycles. The van der Waals surface area contributed by atoms with Crippen molar-refractivity contribution in [3.05, 3.63) is 18.2 Å². The van der Waals surface area contributed by atoms with Crippen molar-refractivity contribution in [3.8, 4) is 0 Å². The van der Waals surface area contributed by atoms with Gasteiger partial charge in [0.15, 0.2) is 0 Å². The minimum Gasteiger partial charge on any atom is -0.375 e. The van der Waals surface area contributed by atoms with Crippen LogP contribution in [0.1, 0.15) is 32.5 Å². The van der Waals surface area contributed by atoms with Crippen molar-refractivity contribution in [2.75, 3.05) is 13.2 Å². The summed E-state index contributed by atoms with van der Waals surface area (Å²) in [6, 6.07) is 0.582. The average Bonchev–Trinajstić information content (AvgIpc) is 2.63. The van der Waals surface area contributed by atoms with Crippen molar-refractivity contribution in [1.29, 1.82) is 0 Å². The van der Waals surface area contributed by atoms with Gasteiger partial charge in [0.05, 0.1) is 5.60 Å². The van der Waals surface area contributed by atoms with Crippen molar-refractivity contribution in [2.24, 2.45) is 7.05 Å². The topological polar surface area (TPSA) is 39.1 Å². The molecule has 2 rings (SSSR count). The monoisotopic (exact) mass is 237 g/mol. The molecule has 0 aliphatic carbocycles. The van der Waals surface area contributed by atoms with Crippen LogP contribution in [0.15, 0.2) is 12.4 Å². The lowest BCUT2D eigenvalue weighted by atomic mass is 9.94. The maximum atomic E-state index is 5.71. The van der Waals surface area contributed by atoms with Crippen molar-refractivity contribution >= 4 is 0 Å². The summed E-state index contributed by atoms with van der Waals surface area (Å²) in [6.07, 6.45) is 7.04. The van der Waals surface area contributed by atoms with Crippen LogP contribution >= 0.6 is 0 Å². The van der Waals surface area contributed by atoms with Crippen LogP contribution in [-0.4, -0.2) is 34.3 Å². The van der Waals surface area contributed by atoms with Crippen LogP contribution in [0.25, 0.3) is 0 Å². The Labute approximate surface area is 103 Å². The zero-order valence-electron chi connectivity index (χ0n) is 11.1. The van der Waals surface area contributed by atoms with Gasteiger partial charge in [0, 0.05) is 45.1 Å². The summed E-state index contributed by atoms with van der Waals surface area (Å²) in [4.78, 5) is 4.33. The summed E-state index contributed by atoms with van der Waals surface area (Å²) in [6.45, 7) is 6.19. The van der Waals surface area contributed by atoms with E-state index in [9.17, 15) is 0 Å². The third-order valence-corrected chi connectivity index (χ3v) is 3.40. The number of nitrogens with one attached hydrogen (secondary N) is 1. The Morgan fingerprint density at radius 3 is 3.06 bits per heavy atom. The van der Waals surface area contributed by atoms with Gasteiger partial charge in [-0.2, -0.15) is 0 Å². The molecule has 0 saturated carbocycles. The largest absolute Gasteiger partial charge is 0.375 e. The standard InChI is InChI=1S/C13H23N3O/c1-13(2)10-11(5-9-17-13)14-6-4-12-15-7-8-16(12)3/h7-8,11,14H,4-6,9-10H2,1-3H3. The summed E-state index contributed by atoms with van der Waals surface area (Å²) in [5.41, 5.74) is 0.0269. The predicted molar refractivity (Wildman–Crippen MR) is 68.0 cm³/mol. The minimum absolute atomic E-state index is 0.0269. The molecule has 0 bridgehead atoms. The number of rotatable bonds is 4. The van der Waals surface area contributed by atoms with Gasteiger partial charge in [-0.05, 0) is 26.7 Å². The van der Waals surface area contributed by atoms with Gasteiger partial charge >= 0.3 is 0 Å². The second kappa shape index (κ2) is 5.19. The van der Waals surface area contributed by atoms with Gasteiger partial charge in [-0.15, -0.1) is 0 Å². The highest BCUT2D eigenvalue weighted by Gasteiger charge is 2.28. The Bertz CT molecular complexity index is 359. The molecule has 1 aromatic rings. The quantitative estimate of drug-likeness (QED) is 0.863. The first-order chi connectivity index (χ1) is 8.07. The van der Waals surface area contributed by atoms with Crippen LogP contribution in [-0.2, 0) is 18.2 Å². The van der Waals surface area contributed by atoms with E-state index in [1.54, 1.807) is 0 Å². The first kappa shape index (κ1) is 12.6. The van der Waals surface area contributed by atoms with E-state index in [-0.39, 0.29) is 5.60 Å². The molecule has 1 atom stereocenters. The molecule has 0 aromatic carbocycles. The second-order valence-electron chi connectivity index (χ2n) is 5.46. The third-order valence-electron chi connectivity index (χ3n) is 3.40. The number of hydrogen-bond acceptors (Lipinski definition) is 3. The lowest BCUT2D eigenvalue weighted by Crippen LogP contribution is -2.44. The molecule has 0 spiro atoms. The van der Waals surface area contributed by atoms with E-state index in [4.69, 9.17) is 4.74 Å². The van der Waals surface area contributed by atoms with Crippen molar-refractivity contribution in [2.45, 2.75) is 44.8 Å². The van der Waals surface area contributed by atoms with Crippen molar-refractivity contribution in [1.82, 2.24) is 14.9 Å². The van der Waals surface area contributed by atoms with E-state index in [0.29, 0.717) is 6.04 Å². The highest BCUT2D eigenvalue weighted by molar-refractivity contribution is 4.92. The Kier molecular flexibility index (Phi) is 3.84. The van der Waals surface area contributed by atoms with Crippen LogP contribution in [0, 0.1) is 0 Å². The molecule has 0 radical (unpaired) electrons. The van der Waals surface area contributed by atoms with Gasteiger partial charge in [-0.3, -0.25) is 0 Å². The van der Waals surface area contributed by atoms with Gasteiger partial charge in [0.2, 0.25) is 0 Å². The number of hydrogen-bond donors (Lipinski definition) is 1. The van der Waals surface area contributed by atoms with Gasteiger partial charge in [0.25, 0.3) is 0 Å².